The predicted molar refractivity (Wildman–Crippen MR) is 49.8 cm³/mol. The fourth-order valence-corrected chi connectivity index (χ4v) is 1.36. The van der Waals surface area contributed by atoms with Crippen molar-refractivity contribution >= 4 is 15.9 Å². The van der Waals surface area contributed by atoms with Crippen molar-refractivity contribution in [2.24, 2.45) is 0 Å². The SMILES string of the molecule is CC(=O)c1cnccc1OS(=O)(=O)C(F)(F)F. The highest BCUT2D eigenvalue weighted by molar-refractivity contribution is 7.88. The van der Waals surface area contributed by atoms with Gasteiger partial charge in [0, 0.05) is 18.5 Å². The van der Waals surface area contributed by atoms with Gasteiger partial charge in [0.15, 0.2) is 11.5 Å². The predicted octanol–water partition coefficient (Wildman–Crippen LogP) is 1.51. The minimum absolute atomic E-state index is 0.347. The third kappa shape index (κ3) is 2.93. The summed E-state index contributed by atoms with van der Waals surface area (Å²) in [5, 5.41) is 0. The van der Waals surface area contributed by atoms with Crippen molar-refractivity contribution in [3.05, 3.63) is 24.0 Å². The van der Waals surface area contributed by atoms with Crippen LogP contribution in [0.25, 0.3) is 0 Å². The fourth-order valence-electron chi connectivity index (χ4n) is 0.884. The molecule has 0 aliphatic heterocycles. The molecule has 0 atom stereocenters. The first-order valence-corrected chi connectivity index (χ1v) is 5.51. The van der Waals surface area contributed by atoms with E-state index in [2.05, 4.69) is 9.17 Å². The highest BCUT2D eigenvalue weighted by Gasteiger charge is 2.48. The third-order valence-electron chi connectivity index (χ3n) is 1.64. The van der Waals surface area contributed by atoms with E-state index in [1.165, 1.54) is 0 Å². The number of ketones is 1. The van der Waals surface area contributed by atoms with Crippen LogP contribution in [0.1, 0.15) is 17.3 Å². The summed E-state index contributed by atoms with van der Waals surface area (Å²) in [6.45, 7) is 1.05. The molecular weight excluding hydrogens is 263 g/mol. The van der Waals surface area contributed by atoms with E-state index in [0.717, 1.165) is 25.4 Å². The highest BCUT2D eigenvalue weighted by Crippen LogP contribution is 2.28. The van der Waals surface area contributed by atoms with Crippen molar-refractivity contribution in [1.82, 2.24) is 4.98 Å². The number of carbonyl (C=O) groups is 1. The second kappa shape index (κ2) is 4.32. The zero-order chi connectivity index (χ0) is 13.3. The van der Waals surface area contributed by atoms with Crippen LogP contribution in [-0.4, -0.2) is 24.7 Å². The molecule has 0 unspecified atom stereocenters. The van der Waals surface area contributed by atoms with Gasteiger partial charge in [0.05, 0.1) is 5.56 Å². The van der Waals surface area contributed by atoms with Gasteiger partial charge < -0.3 is 4.18 Å². The lowest BCUT2D eigenvalue weighted by Crippen LogP contribution is -2.28. The van der Waals surface area contributed by atoms with E-state index < -0.39 is 27.2 Å². The monoisotopic (exact) mass is 269 g/mol. The molecule has 0 amide bonds. The lowest BCUT2D eigenvalue weighted by Gasteiger charge is -2.10. The molecule has 17 heavy (non-hydrogen) atoms. The lowest BCUT2D eigenvalue weighted by molar-refractivity contribution is -0.0500. The first kappa shape index (κ1) is 13.4. The van der Waals surface area contributed by atoms with Crippen LogP contribution >= 0.6 is 0 Å². The molecule has 1 aromatic rings. The molecule has 1 heterocycles. The summed E-state index contributed by atoms with van der Waals surface area (Å²) >= 11 is 0. The first-order chi connectivity index (χ1) is 7.65. The lowest BCUT2D eigenvalue weighted by atomic mass is 10.2. The quantitative estimate of drug-likeness (QED) is 0.472. The molecule has 9 heteroatoms. The summed E-state index contributed by atoms with van der Waals surface area (Å²) in [6.07, 6.45) is 1.93. The van der Waals surface area contributed by atoms with Gasteiger partial charge >= 0.3 is 15.6 Å². The average Bonchev–Trinajstić information content (AvgIpc) is 2.15. The Morgan fingerprint density at radius 2 is 2.00 bits per heavy atom. The maximum Gasteiger partial charge on any atom is 0.534 e. The van der Waals surface area contributed by atoms with Crippen LogP contribution in [0.3, 0.4) is 0 Å². The van der Waals surface area contributed by atoms with Crippen LogP contribution < -0.4 is 4.18 Å². The van der Waals surface area contributed by atoms with Crippen LogP contribution in [-0.2, 0) is 10.1 Å². The molecule has 0 aliphatic carbocycles. The maximum absolute atomic E-state index is 12.0. The standard InChI is InChI=1S/C8H6F3NO4S/c1-5(13)6-4-12-3-2-7(6)16-17(14,15)8(9,10)11/h2-4H,1H3. The summed E-state index contributed by atoms with van der Waals surface area (Å²) in [6, 6.07) is 0.861. The number of alkyl halides is 3. The third-order valence-corrected chi connectivity index (χ3v) is 2.61. The summed E-state index contributed by atoms with van der Waals surface area (Å²) < 4.78 is 61.4. The van der Waals surface area contributed by atoms with Crippen LogP contribution in [0.15, 0.2) is 18.5 Å². The van der Waals surface area contributed by atoms with Crippen LogP contribution in [0.2, 0.25) is 0 Å². The van der Waals surface area contributed by atoms with Crippen molar-refractivity contribution in [2.75, 3.05) is 0 Å². The molecule has 0 saturated carbocycles. The summed E-state index contributed by atoms with van der Waals surface area (Å²) in [5.41, 5.74) is -5.90. The Morgan fingerprint density at radius 1 is 1.41 bits per heavy atom. The van der Waals surface area contributed by atoms with E-state index in [9.17, 15) is 26.4 Å². The molecule has 0 saturated heterocycles. The minimum atomic E-state index is -5.79. The molecule has 0 radical (unpaired) electrons. The normalized spacial score (nSPS) is 12.2. The van der Waals surface area contributed by atoms with E-state index in [4.69, 9.17) is 0 Å². The number of aromatic nitrogens is 1. The van der Waals surface area contributed by atoms with E-state index in [1.807, 2.05) is 0 Å². The summed E-state index contributed by atoms with van der Waals surface area (Å²) in [4.78, 5) is 14.5. The Balaban J connectivity index is 3.18. The van der Waals surface area contributed by atoms with Crippen molar-refractivity contribution in [2.45, 2.75) is 12.4 Å². The van der Waals surface area contributed by atoms with Crippen molar-refractivity contribution in [3.63, 3.8) is 0 Å². The Labute approximate surface area is 94.4 Å². The molecule has 0 fully saturated rings. The molecule has 0 spiro atoms. The zero-order valence-corrected chi connectivity index (χ0v) is 9.17. The van der Waals surface area contributed by atoms with Crippen LogP contribution in [0.5, 0.6) is 5.75 Å². The molecule has 5 nitrogen and oxygen atoms in total. The summed E-state index contributed by atoms with van der Waals surface area (Å²) in [5.74, 6) is -1.37. The maximum atomic E-state index is 12.0. The fraction of sp³-hybridized carbons (Fsp3) is 0.250. The smallest absolute Gasteiger partial charge is 0.375 e. The number of hydrogen-bond donors (Lipinski definition) is 0. The van der Waals surface area contributed by atoms with Gasteiger partial charge in [-0.2, -0.15) is 21.6 Å². The molecule has 0 aliphatic rings. The van der Waals surface area contributed by atoms with E-state index in [1.54, 1.807) is 0 Å². The van der Waals surface area contributed by atoms with Crippen molar-refractivity contribution in [1.29, 1.82) is 0 Å². The molecule has 0 bridgehead atoms. The summed E-state index contributed by atoms with van der Waals surface area (Å²) in [7, 11) is -5.79. The Morgan fingerprint density at radius 3 is 2.47 bits per heavy atom. The molecule has 0 aromatic carbocycles. The van der Waals surface area contributed by atoms with Gasteiger partial charge in [0.25, 0.3) is 0 Å². The van der Waals surface area contributed by atoms with Gasteiger partial charge in [-0.1, -0.05) is 0 Å². The number of rotatable bonds is 3. The second-order valence-electron chi connectivity index (χ2n) is 2.91. The van der Waals surface area contributed by atoms with Gasteiger partial charge in [-0.05, 0) is 6.92 Å². The molecule has 94 valence electrons. The number of pyridine rings is 1. The second-order valence-corrected chi connectivity index (χ2v) is 4.45. The molecule has 0 N–H and O–H groups in total. The van der Waals surface area contributed by atoms with E-state index in [-0.39, 0.29) is 5.56 Å². The van der Waals surface area contributed by atoms with Gasteiger partial charge in [-0.25, -0.2) is 0 Å². The molecule has 1 rings (SSSR count). The number of halogens is 3. The van der Waals surface area contributed by atoms with E-state index in [0.29, 0.717) is 0 Å². The van der Waals surface area contributed by atoms with Crippen molar-refractivity contribution < 1.29 is 30.6 Å². The highest BCUT2D eigenvalue weighted by atomic mass is 32.2. The van der Waals surface area contributed by atoms with Gasteiger partial charge in [0.2, 0.25) is 0 Å². The van der Waals surface area contributed by atoms with Crippen LogP contribution in [0, 0.1) is 0 Å². The zero-order valence-electron chi connectivity index (χ0n) is 8.35. The number of hydrogen-bond acceptors (Lipinski definition) is 5. The number of Topliss-reactive ketones (excluding diaryl/α,β-unsaturated/α-hetero) is 1. The van der Waals surface area contributed by atoms with Crippen LogP contribution in [0.4, 0.5) is 13.2 Å². The van der Waals surface area contributed by atoms with Crippen molar-refractivity contribution in [3.8, 4) is 5.75 Å². The average molecular weight is 269 g/mol. The van der Waals surface area contributed by atoms with E-state index >= 15 is 0 Å². The minimum Gasteiger partial charge on any atom is -0.375 e. The van der Waals surface area contributed by atoms with Gasteiger partial charge in [-0.15, -0.1) is 0 Å². The first-order valence-electron chi connectivity index (χ1n) is 4.11. The van der Waals surface area contributed by atoms with Gasteiger partial charge in [0.1, 0.15) is 0 Å². The number of carbonyl (C=O) groups excluding carboxylic acids is 1. The number of nitrogens with zero attached hydrogens (tertiary/aromatic N) is 1. The molecule has 1 aromatic heterocycles. The Hall–Kier alpha value is -1.64. The Bertz CT molecular complexity index is 538. The Kier molecular flexibility index (Phi) is 3.41. The molecular formula is C8H6F3NO4S. The topological polar surface area (TPSA) is 73.3 Å². The largest absolute Gasteiger partial charge is 0.534 e. The van der Waals surface area contributed by atoms with Gasteiger partial charge in [-0.3, -0.25) is 9.78 Å².